The molecule has 1 unspecified atom stereocenters. The zero-order chi connectivity index (χ0) is 9.07. The summed E-state index contributed by atoms with van der Waals surface area (Å²) in [6.07, 6.45) is 0.581. The molecule has 0 spiro atoms. The summed E-state index contributed by atoms with van der Waals surface area (Å²) in [5.74, 6) is -0.674. The van der Waals surface area contributed by atoms with Crippen molar-refractivity contribution in [1.29, 1.82) is 0 Å². The molecule has 0 aliphatic heterocycles. The van der Waals surface area contributed by atoms with Gasteiger partial charge in [-0.25, -0.2) is 9.90 Å². The van der Waals surface area contributed by atoms with Crippen LogP contribution in [0.3, 0.4) is 0 Å². The van der Waals surface area contributed by atoms with Crippen LogP contribution in [-0.4, -0.2) is 17.7 Å². The fraction of sp³-hybridized carbons (Fsp3) is 0.875. The largest absolute Gasteiger partial charge is 0.460 e. The second-order valence-corrected chi connectivity index (χ2v) is 3.13. The predicted octanol–water partition coefficient (Wildman–Crippen LogP) is 1.54. The Morgan fingerprint density at radius 1 is 1.55 bits per heavy atom. The van der Waals surface area contributed by atoms with Crippen LogP contribution in [0.15, 0.2) is 0 Å². The summed E-state index contributed by atoms with van der Waals surface area (Å²) in [4.78, 5) is 10.9. The zero-order valence-corrected chi connectivity index (χ0v) is 7.51. The molecule has 0 N–H and O–H groups in total. The summed E-state index contributed by atoms with van der Waals surface area (Å²) in [6.45, 7) is 6.27. The molecule has 3 nitrogen and oxygen atoms in total. The molecule has 0 aromatic heterocycles. The van der Waals surface area contributed by atoms with Gasteiger partial charge in [0, 0.05) is 0 Å². The molecule has 0 saturated carbocycles. The molecular formula is C8H15O3. The van der Waals surface area contributed by atoms with Gasteiger partial charge < -0.3 is 4.74 Å². The van der Waals surface area contributed by atoms with Gasteiger partial charge in [-0.1, -0.05) is 6.92 Å². The maximum atomic E-state index is 11.0. The van der Waals surface area contributed by atoms with Gasteiger partial charge in [-0.2, -0.15) is 0 Å². The topological polar surface area (TPSA) is 46.2 Å². The average Bonchev–Trinajstić information content (AvgIpc) is 1.85. The van der Waals surface area contributed by atoms with E-state index in [9.17, 15) is 9.90 Å². The number of hydrogen-bond donors (Lipinski definition) is 0. The Balaban J connectivity index is 3.88. The van der Waals surface area contributed by atoms with Crippen LogP contribution in [0.5, 0.6) is 0 Å². The predicted molar refractivity (Wildman–Crippen MR) is 40.6 cm³/mol. The van der Waals surface area contributed by atoms with Crippen LogP contribution in [0.2, 0.25) is 0 Å². The van der Waals surface area contributed by atoms with Crippen molar-refractivity contribution >= 4 is 5.97 Å². The summed E-state index contributed by atoms with van der Waals surface area (Å²) in [7, 11) is 0. The van der Waals surface area contributed by atoms with Crippen LogP contribution in [0.1, 0.15) is 34.1 Å². The van der Waals surface area contributed by atoms with E-state index in [1.807, 2.05) is 6.92 Å². The highest BCUT2D eigenvalue weighted by molar-refractivity contribution is 5.78. The summed E-state index contributed by atoms with van der Waals surface area (Å²) in [5.41, 5.74) is -1.62. The number of hydrogen-bond acceptors (Lipinski definition) is 2. The molecule has 0 aliphatic carbocycles. The molecule has 0 heterocycles. The van der Waals surface area contributed by atoms with Crippen LogP contribution >= 0.6 is 0 Å². The monoisotopic (exact) mass is 159 g/mol. The third-order valence-electron chi connectivity index (χ3n) is 1.37. The number of carbonyl (C=O) groups is 1. The molecule has 0 aromatic rings. The SMILES string of the molecule is CCC(C)OC(=O)C(C)(C)[O]. The van der Waals surface area contributed by atoms with E-state index in [0.29, 0.717) is 0 Å². The third kappa shape index (κ3) is 3.98. The second-order valence-electron chi connectivity index (χ2n) is 3.13. The van der Waals surface area contributed by atoms with Crippen molar-refractivity contribution in [3.05, 3.63) is 0 Å². The lowest BCUT2D eigenvalue weighted by molar-refractivity contribution is -0.173. The molecule has 0 aromatic carbocycles. The van der Waals surface area contributed by atoms with Gasteiger partial charge in [0.25, 0.3) is 0 Å². The molecule has 1 atom stereocenters. The highest BCUT2D eigenvalue weighted by Gasteiger charge is 2.29. The molecule has 3 heteroatoms. The van der Waals surface area contributed by atoms with E-state index in [1.165, 1.54) is 13.8 Å². The molecule has 11 heavy (non-hydrogen) atoms. The molecule has 0 aliphatic rings. The van der Waals surface area contributed by atoms with E-state index in [2.05, 4.69) is 0 Å². The van der Waals surface area contributed by atoms with E-state index in [1.54, 1.807) is 6.92 Å². The first-order chi connectivity index (χ1) is 4.88. The Bertz CT molecular complexity index is 135. The lowest BCUT2D eigenvalue weighted by Crippen LogP contribution is -2.33. The summed E-state index contributed by atoms with van der Waals surface area (Å²) >= 11 is 0. The van der Waals surface area contributed by atoms with Gasteiger partial charge in [-0.05, 0) is 27.2 Å². The van der Waals surface area contributed by atoms with Crippen molar-refractivity contribution in [2.24, 2.45) is 0 Å². The van der Waals surface area contributed by atoms with Crippen LogP contribution in [0, 0.1) is 0 Å². The number of rotatable bonds is 3. The van der Waals surface area contributed by atoms with Crippen LogP contribution in [0.4, 0.5) is 0 Å². The Morgan fingerprint density at radius 2 is 2.00 bits per heavy atom. The van der Waals surface area contributed by atoms with Gasteiger partial charge in [0.2, 0.25) is 0 Å². The minimum absolute atomic E-state index is 0.157. The van der Waals surface area contributed by atoms with Gasteiger partial charge in [0.1, 0.15) is 0 Å². The van der Waals surface area contributed by atoms with Crippen LogP contribution in [-0.2, 0) is 14.6 Å². The molecular weight excluding hydrogens is 144 g/mol. The molecule has 0 bridgehead atoms. The molecule has 0 fully saturated rings. The second kappa shape index (κ2) is 3.72. The standard InChI is InChI=1S/C8H15O3/c1-5-6(2)11-7(9)8(3,4)10/h6H,5H2,1-4H3. The average molecular weight is 159 g/mol. The minimum atomic E-state index is -1.62. The van der Waals surface area contributed by atoms with E-state index >= 15 is 0 Å². The van der Waals surface area contributed by atoms with Gasteiger partial charge in [-0.3, -0.25) is 0 Å². The number of esters is 1. The van der Waals surface area contributed by atoms with Crippen molar-refractivity contribution in [2.45, 2.75) is 45.8 Å². The van der Waals surface area contributed by atoms with Crippen molar-refractivity contribution < 1.29 is 14.6 Å². The van der Waals surface area contributed by atoms with E-state index in [4.69, 9.17) is 4.74 Å². The van der Waals surface area contributed by atoms with Gasteiger partial charge in [-0.15, -0.1) is 0 Å². The van der Waals surface area contributed by atoms with Gasteiger partial charge in [0.15, 0.2) is 5.60 Å². The smallest absolute Gasteiger partial charge is 0.341 e. The van der Waals surface area contributed by atoms with Gasteiger partial charge >= 0.3 is 5.97 Å². The Hall–Kier alpha value is -0.570. The maximum Gasteiger partial charge on any atom is 0.341 e. The lowest BCUT2D eigenvalue weighted by atomic mass is 10.1. The third-order valence-corrected chi connectivity index (χ3v) is 1.37. The van der Waals surface area contributed by atoms with E-state index < -0.39 is 11.6 Å². The first-order valence-corrected chi connectivity index (χ1v) is 3.79. The first-order valence-electron chi connectivity index (χ1n) is 3.79. The Labute approximate surface area is 67.4 Å². The normalized spacial score (nSPS) is 14.3. The highest BCUT2D eigenvalue weighted by Crippen LogP contribution is 2.08. The van der Waals surface area contributed by atoms with Crippen molar-refractivity contribution in [3.63, 3.8) is 0 Å². The van der Waals surface area contributed by atoms with Crippen LogP contribution in [0.25, 0.3) is 0 Å². The molecule has 65 valence electrons. The highest BCUT2D eigenvalue weighted by atomic mass is 16.6. The lowest BCUT2D eigenvalue weighted by Gasteiger charge is -2.16. The fourth-order valence-corrected chi connectivity index (χ4v) is 0.408. The molecule has 0 rings (SSSR count). The first kappa shape index (κ1) is 10.4. The number of carbonyl (C=O) groups excluding carboxylic acids is 1. The molecule has 1 radical (unpaired) electrons. The van der Waals surface area contributed by atoms with Crippen LogP contribution < -0.4 is 0 Å². The van der Waals surface area contributed by atoms with Crippen molar-refractivity contribution in [2.75, 3.05) is 0 Å². The van der Waals surface area contributed by atoms with Crippen molar-refractivity contribution in [1.82, 2.24) is 0 Å². The summed E-state index contributed by atoms with van der Waals surface area (Å²) < 4.78 is 4.81. The summed E-state index contributed by atoms with van der Waals surface area (Å²) in [6, 6.07) is 0. The minimum Gasteiger partial charge on any atom is -0.460 e. The maximum absolute atomic E-state index is 11.0. The molecule has 0 saturated heterocycles. The Kier molecular flexibility index (Phi) is 3.52. The van der Waals surface area contributed by atoms with E-state index in [-0.39, 0.29) is 6.10 Å². The van der Waals surface area contributed by atoms with Gasteiger partial charge in [0.05, 0.1) is 6.10 Å². The number of ether oxygens (including phenoxy) is 1. The summed E-state index contributed by atoms with van der Waals surface area (Å²) in [5, 5.41) is 11.0. The zero-order valence-electron chi connectivity index (χ0n) is 7.51. The molecule has 0 amide bonds. The van der Waals surface area contributed by atoms with Crippen molar-refractivity contribution in [3.8, 4) is 0 Å². The van der Waals surface area contributed by atoms with E-state index in [0.717, 1.165) is 6.42 Å². The fourth-order valence-electron chi connectivity index (χ4n) is 0.408. The quantitative estimate of drug-likeness (QED) is 0.586. The Morgan fingerprint density at radius 3 is 2.27 bits per heavy atom.